The van der Waals surface area contributed by atoms with Crippen LogP contribution in [0.3, 0.4) is 0 Å². The van der Waals surface area contributed by atoms with E-state index in [1.54, 1.807) is 17.5 Å². The lowest BCUT2D eigenvalue weighted by atomic mass is 10.1. The summed E-state index contributed by atoms with van der Waals surface area (Å²) in [5.41, 5.74) is 3.53. The van der Waals surface area contributed by atoms with E-state index < -0.39 is 0 Å². The summed E-state index contributed by atoms with van der Waals surface area (Å²) in [5, 5.41) is 7.82. The molecule has 0 fully saturated rings. The predicted octanol–water partition coefficient (Wildman–Crippen LogP) is 3.88. The molecule has 0 unspecified atom stereocenters. The minimum absolute atomic E-state index is 0. The average molecular weight is 510 g/mol. The van der Waals surface area contributed by atoms with Crippen LogP contribution < -0.4 is 10.6 Å². The lowest BCUT2D eigenvalue weighted by Crippen LogP contribution is -2.36. The second-order valence-corrected chi connectivity index (χ2v) is 7.63. The van der Waals surface area contributed by atoms with E-state index in [4.69, 9.17) is 4.99 Å². The van der Waals surface area contributed by atoms with E-state index in [1.807, 2.05) is 19.4 Å². The second-order valence-electron chi connectivity index (χ2n) is 6.35. The van der Waals surface area contributed by atoms with Gasteiger partial charge in [0.2, 0.25) is 0 Å². The Morgan fingerprint density at radius 1 is 1.21 bits per heavy atom. The lowest BCUT2D eigenvalue weighted by Gasteiger charge is -2.11. The van der Waals surface area contributed by atoms with Crippen LogP contribution in [0.25, 0.3) is 0 Å². The topological polar surface area (TPSA) is 67.1 Å². The summed E-state index contributed by atoms with van der Waals surface area (Å²) in [6.45, 7) is 9.18. The Kier molecular flexibility index (Phi) is 8.91. The Balaban J connectivity index is 0.00000280. The largest absolute Gasteiger partial charge is 0.357 e. The van der Waals surface area contributed by atoms with Gasteiger partial charge in [-0.05, 0) is 31.9 Å². The molecule has 0 spiro atoms. The SMILES string of the molecule is CCNC(=NCc1cccc(Cn2ccnc2)c1)NCc1sc(C)nc1C.I. The van der Waals surface area contributed by atoms with E-state index in [1.165, 1.54) is 16.0 Å². The van der Waals surface area contributed by atoms with Crippen LogP contribution in [0.1, 0.15) is 33.6 Å². The van der Waals surface area contributed by atoms with Crippen molar-refractivity contribution in [1.82, 2.24) is 25.2 Å². The average Bonchev–Trinajstić information content (AvgIpc) is 3.27. The fraction of sp³-hybridized carbons (Fsp3) is 0.350. The molecule has 3 aromatic rings. The molecular weight excluding hydrogens is 483 g/mol. The zero-order valence-corrected chi connectivity index (χ0v) is 19.6. The van der Waals surface area contributed by atoms with Gasteiger partial charge in [0.1, 0.15) is 0 Å². The van der Waals surface area contributed by atoms with Crippen LogP contribution in [-0.2, 0) is 19.6 Å². The highest BCUT2D eigenvalue weighted by atomic mass is 127. The van der Waals surface area contributed by atoms with Crippen molar-refractivity contribution >= 4 is 41.3 Å². The standard InChI is InChI=1S/C20H26N6S.HI/c1-4-22-20(24-12-19-15(2)25-16(3)27-19)23-11-17-6-5-7-18(10-17)13-26-9-8-21-14-26;/h5-10,14H,4,11-13H2,1-3H3,(H2,22,23,24);1H. The van der Waals surface area contributed by atoms with Crippen LogP contribution in [0, 0.1) is 13.8 Å². The number of halogens is 1. The molecule has 0 saturated carbocycles. The van der Waals surface area contributed by atoms with E-state index in [0.717, 1.165) is 36.3 Å². The number of aromatic nitrogens is 3. The molecule has 0 aliphatic rings. The van der Waals surface area contributed by atoms with Crippen LogP contribution in [0.15, 0.2) is 48.0 Å². The van der Waals surface area contributed by atoms with Crippen molar-refractivity contribution in [2.24, 2.45) is 4.99 Å². The second kappa shape index (κ2) is 11.2. The van der Waals surface area contributed by atoms with Crippen LogP contribution in [0.2, 0.25) is 0 Å². The molecule has 6 nitrogen and oxygen atoms in total. The maximum Gasteiger partial charge on any atom is 0.191 e. The van der Waals surface area contributed by atoms with E-state index in [2.05, 4.69) is 63.3 Å². The lowest BCUT2D eigenvalue weighted by molar-refractivity contribution is 0.793. The number of aliphatic imine (C=N–C) groups is 1. The number of hydrogen-bond acceptors (Lipinski definition) is 4. The fourth-order valence-corrected chi connectivity index (χ4v) is 3.71. The third-order valence-corrected chi connectivity index (χ3v) is 5.17. The van der Waals surface area contributed by atoms with Gasteiger partial charge in [-0.2, -0.15) is 0 Å². The van der Waals surface area contributed by atoms with Gasteiger partial charge in [0.05, 0.1) is 30.1 Å². The van der Waals surface area contributed by atoms with Crippen LogP contribution in [0.5, 0.6) is 0 Å². The molecule has 2 heterocycles. The molecule has 1 aromatic carbocycles. The Morgan fingerprint density at radius 2 is 2.04 bits per heavy atom. The first kappa shape index (κ1) is 22.4. The number of guanidine groups is 1. The molecule has 28 heavy (non-hydrogen) atoms. The summed E-state index contributed by atoms with van der Waals surface area (Å²) in [5.74, 6) is 0.822. The van der Waals surface area contributed by atoms with Gasteiger partial charge in [-0.3, -0.25) is 0 Å². The number of rotatable bonds is 7. The molecule has 0 aliphatic carbocycles. The number of thiazole rings is 1. The van der Waals surface area contributed by atoms with Crippen molar-refractivity contribution in [1.29, 1.82) is 0 Å². The van der Waals surface area contributed by atoms with Crippen LogP contribution in [-0.4, -0.2) is 27.0 Å². The predicted molar refractivity (Wildman–Crippen MR) is 126 cm³/mol. The van der Waals surface area contributed by atoms with Crippen molar-refractivity contribution in [2.45, 2.75) is 40.4 Å². The van der Waals surface area contributed by atoms with Crippen molar-refractivity contribution in [3.8, 4) is 0 Å². The molecule has 3 rings (SSSR count). The number of hydrogen-bond donors (Lipinski definition) is 2. The van der Waals surface area contributed by atoms with Gasteiger partial charge < -0.3 is 15.2 Å². The number of nitrogens with one attached hydrogen (secondary N) is 2. The van der Waals surface area contributed by atoms with Gasteiger partial charge in [-0.25, -0.2) is 15.0 Å². The third kappa shape index (κ3) is 6.59. The van der Waals surface area contributed by atoms with Gasteiger partial charge in [0, 0.05) is 30.4 Å². The van der Waals surface area contributed by atoms with E-state index in [9.17, 15) is 0 Å². The van der Waals surface area contributed by atoms with E-state index in [0.29, 0.717) is 6.54 Å². The summed E-state index contributed by atoms with van der Waals surface area (Å²) in [7, 11) is 0. The first-order valence-electron chi connectivity index (χ1n) is 9.12. The van der Waals surface area contributed by atoms with Gasteiger partial charge in [-0.15, -0.1) is 35.3 Å². The molecule has 0 atom stereocenters. The third-order valence-electron chi connectivity index (χ3n) is 4.10. The number of benzene rings is 1. The molecular formula is C20H27IN6S. The Morgan fingerprint density at radius 3 is 2.71 bits per heavy atom. The Labute approximate surface area is 187 Å². The zero-order chi connectivity index (χ0) is 19.1. The highest BCUT2D eigenvalue weighted by Crippen LogP contribution is 2.16. The van der Waals surface area contributed by atoms with Crippen molar-refractivity contribution in [2.75, 3.05) is 6.54 Å². The Hall–Kier alpha value is -1.94. The molecule has 2 aromatic heterocycles. The van der Waals surface area contributed by atoms with Gasteiger partial charge >= 0.3 is 0 Å². The zero-order valence-electron chi connectivity index (χ0n) is 16.5. The normalized spacial score (nSPS) is 11.2. The monoisotopic (exact) mass is 510 g/mol. The Bertz CT molecular complexity index is 888. The van der Waals surface area contributed by atoms with Crippen LogP contribution in [0.4, 0.5) is 0 Å². The molecule has 0 radical (unpaired) electrons. The number of aryl methyl sites for hydroxylation is 2. The highest BCUT2D eigenvalue weighted by Gasteiger charge is 2.06. The summed E-state index contributed by atoms with van der Waals surface area (Å²) < 4.78 is 2.06. The smallest absolute Gasteiger partial charge is 0.191 e. The molecule has 0 amide bonds. The van der Waals surface area contributed by atoms with Crippen molar-refractivity contribution < 1.29 is 0 Å². The van der Waals surface area contributed by atoms with Crippen molar-refractivity contribution in [3.63, 3.8) is 0 Å². The summed E-state index contributed by atoms with van der Waals surface area (Å²) in [6, 6.07) is 8.53. The summed E-state index contributed by atoms with van der Waals surface area (Å²) >= 11 is 1.73. The van der Waals surface area contributed by atoms with Gasteiger partial charge in [-0.1, -0.05) is 24.3 Å². The van der Waals surface area contributed by atoms with E-state index in [-0.39, 0.29) is 24.0 Å². The fourth-order valence-electron chi connectivity index (χ4n) is 2.83. The summed E-state index contributed by atoms with van der Waals surface area (Å²) in [4.78, 5) is 14.6. The molecule has 0 bridgehead atoms. The van der Waals surface area contributed by atoms with Crippen molar-refractivity contribution in [3.05, 3.63) is 69.7 Å². The maximum absolute atomic E-state index is 4.73. The molecule has 0 aliphatic heterocycles. The number of imidazole rings is 1. The number of nitrogens with zero attached hydrogens (tertiary/aromatic N) is 4. The van der Waals surface area contributed by atoms with Gasteiger partial charge in [0.25, 0.3) is 0 Å². The molecule has 150 valence electrons. The first-order valence-corrected chi connectivity index (χ1v) is 9.94. The quantitative estimate of drug-likeness (QED) is 0.288. The van der Waals surface area contributed by atoms with Gasteiger partial charge in [0.15, 0.2) is 5.96 Å². The molecule has 8 heteroatoms. The maximum atomic E-state index is 4.73. The molecule has 0 saturated heterocycles. The summed E-state index contributed by atoms with van der Waals surface area (Å²) in [6.07, 6.45) is 5.61. The van der Waals surface area contributed by atoms with E-state index >= 15 is 0 Å². The minimum atomic E-state index is 0. The minimum Gasteiger partial charge on any atom is -0.357 e. The van der Waals surface area contributed by atoms with Crippen LogP contribution >= 0.6 is 35.3 Å². The molecule has 2 N–H and O–H groups in total. The first-order chi connectivity index (χ1) is 13.1. The highest BCUT2D eigenvalue weighted by molar-refractivity contribution is 14.0.